The predicted octanol–water partition coefficient (Wildman–Crippen LogP) is 0.367. The first-order valence-corrected chi connectivity index (χ1v) is 5.80. The number of hydrogen-bond acceptors (Lipinski definition) is 3. The van der Waals surface area contributed by atoms with Crippen LogP contribution in [-0.4, -0.2) is 29.9 Å². The number of carbonyl (C=O) groups is 2. The molecule has 0 aliphatic heterocycles. The average molecular weight is 218 g/mol. The Morgan fingerprint density at radius 3 is 2.57 bits per heavy atom. The molecule has 0 atom stereocenters. The topological polar surface area (TPSA) is 72.2 Å². The maximum atomic E-state index is 11.2. The van der Waals surface area contributed by atoms with Crippen LogP contribution in [0.1, 0.15) is 20.3 Å². The molecule has 0 spiro atoms. The summed E-state index contributed by atoms with van der Waals surface area (Å²) >= 11 is 1.39. The second kappa shape index (κ2) is 7.67. The molecule has 0 unspecified atom stereocenters. The summed E-state index contributed by atoms with van der Waals surface area (Å²) in [5.74, 6) is 1.11. The lowest BCUT2D eigenvalue weighted by Crippen LogP contribution is -2.27. The highest BCUT2D eigenvalue weighted by Gasteiger charge is 2.02. The third-order valence-corrected chi connectivity index (χ3v) is 2.41. The standard InChI is InChI=1S/C9H18N2O2S/c1-7(2)5-11-9(13)3-4-14-6-8(10)12/h7H,3-6H2,1-2H3,(H2,10,12)(H,11,13). The molecule has 82 valence electrons. The molecule has 0 aromatic heterocycles. The van der Waals surface area contributed by atoms with Gasteiger partial charge in [-0.05, 0) is 5.92 Å². The number of rotatable bonds is 7. The van der Waals surface area contributed by atoms with Crippen LogP contribution < -0.4 is 11.1 Å². The average Bonchev–Trinajstić information content (AvgIpc) is 2.08. The van der Waals surface area contributed by atoms with Crippen LogP contribution in [0.4, 0.5) is 0 Å². The van der Waals surface area contributed by atoms with Crippen LogP contribution in [0, 0.1) is 5.92 Å². The fraction of sp³-hybridized carbons (Fsp3) is 0.778. The molecular formula is C9H18N2O2S. The molecule has 0 aliphatic rings. The van der Waals surface area contributed by atoms with Gasteiger partial charge in [0.2, 0.25) is 11.8 Å². The molecule has 0 fully saturated rings. The lowest BCUT2D eigenvalue weighted by Gasteiger charge is -2.06. The smallest absolute Gasteiger partial charge is 0.227 e. The van der Waals surface area contributed by atoms with Gasteiger partial charge >= 0.3 is 0 Å². The van der Waals surface area contributed by atoms with E-state index in [1.54, 1.807) is 0 Å². The van der Waals surface area contributed by atoms with Crippen LogP contribution in [-0.2, 0) is 9.59 Å². The molecule has 2 amide bonds. The number of nitrogens with two attached hydrogens (primary N) is 1. The third kappa shape index (κ3) is 9.38. The molecule has 0 aromatic rings. The van der Waals surface area contributed by atoms with Crippen molar-refractivity contribution in [1.82, 2.24) is 5.32 Å². The molecular weight excluding hydrogens is 200 g/mol. The van der Waals surface area contributed by atoms with Crippen LogP contribution in [0.15, 0.2) is 0 Å². The van der Waals surface area contributed by atoms with Crippen molar-refractivity contribution < 1.29 is 9.59 Å². The van der Waals surface area contributed by atoms with Crippen molar-refractivity contribution >= 4 is 23.6 Å². The molecule has 0 saturated heterocycles. The van der Waals surface area contributed by atoms with Gasteiger partial charge in [0.1, 0.15) is 0 Å². The van der Waals surface area contributed by atoms with Gasteiger partial charge in [-0.3, -0.25) is 9.59 Å². The van der Waals surface area contributed by atoms with E-state index in [9.17, 15) is 9.59 Å². The number of nitrogens with one attached hydrogen (secondary N) is 1. The van der Waals surface area contributed by atoms with Crippen LogP contribution in [0.25, 0.3) is 0 Å². The van der Waals surface area contributed by atoms with E-state index in [0.29, 0.717) is 24.6 Å². The molecule has 0 aromatic carbocycles. The molecule has 0 aliphatic carbocycles. The molecule has 5 heteroatoms. The van der Waals surface area contributed by atoms with Gasteiger partial charge in [0.05, 0.1) is 5.75 Å². The maximum absolute atomic E-state index is 11.2. The predicted molar refractivity (Wildman–Crippen MR) is 59.0 cm³/mol. The van der Waals surface area contributed by atoms with E-state index in [0.717, 1.165) is 0 Å². The van der Waals surface area contributed by atoms with Gasteiger partial charge in [0.25, 0.3) is 0 Å². The van der Waals surface area contributed by atoms with E-state index < -0.39 is 0 Å². The van der Waals surface area contributed by atoms with Crippen molar-refractivity contribution in [2.24, 2.45) is 11.7 Å². The quantitative estimate of drug-likeness (QED) is 0.606. The summed E-state index contributed by atoms with van der Waals surface area (Å²) in [7, 11) is 0. The first-order chi connectivity index (χ1) is 6.52. The Morgan fingerprint density at radius 1 is 1.43 bits per heavy atom. The minimum Gasteiger partial charge on any atom is -0.369 e. The van der Waals surface area contributed by atoms with Gasteiger partial charge in [-0.25, -0.2) is 0 Å². The summed E-state index contributed by atoms with van der Waals surface area (Å²) in [4.78, 5) is 21.5. The normalized spacial score (nSPS) is 10.2. The SMILES string of the molecule is CC(C)CNC(=O)CCSCC(N)=O. The van der Waals surface area contributed by atoms with Gasteiger partial charge in [-0.1, -0.05) is 13.8 Å². The first kappa shape index (κ1) is 13.3. The Hall–Kier alpha value is -0.710. The van der Waals surface area contributed by atoms with E-state index in [2.05, 4.69) is 5.32 Å². The number of primary amides is 1. The largest absolute Gasteiger partial charge is 0.369 e. The van der Waals surface area contributed by atoms with Crippen molar-refractivity contribution in [3.63, 3.8) is 0 Å². The van der Waals surface area contributed by atoms with Crippen molar-refractivity contribution in [3.8, 4) is 0 Å². The number of carbonyl (C=O) groups excluding carboxylic acids is 2. The van der Waals surface area contributed by atoms with E-state index in [1.165, 1.54) is 11.8 Å². The molecule has 0 heterocycles. The summed E-state index contributed by atoms with van der Waals surface area (Å²) in [6, 6.07) is 0. The maximum Gasteiger partial charge on any atom is 0.227 e. The molecule has 0 bridgehead atoms. The zero-order valence-corrected chi connectivity index (χ0v) is 9.52. The van der Waals surface area contributed by atoms with Gasteiger partial charge in [-0.15, -0.1) is 0 Å². The highest BCUT2D eigenvalue weighted by atomic mass is 32.2. The van der Waals surface area contributed by atoms with Crippen molar-refractivity contribution in [2.45, 2.75) is 20.3 Å². The molecule has 4 nitrogen and oxygen atoms in total. The van der Waals surface area contributed by atoms with Gasteiger partial charge in [-0.2, -0.15) is 11.8 Å². The lowest BCUT2D eigenvalue weighted by atomic mass is 10.2. The van der Waals surface area contributed by atoms with E-state index >= 15 is 0 Å². The minimum absolute atomic E-state index is 0.0377. The molecule has 0 radical (unpaired) electrons. The minimum atomic E-state index is -0.336. The zero-order valence-electron chi connectivity index (χ0n) is 8.71. The number of amides is 2. The number of thioether (sulfide) groups is 1. The van der Waals surface area contributed by atoms with Crippen LogP contribution in [0.2, 0.25) is 0 Å². The summed E-state index contributed by atoms with van der Waals surface area (Å²) in [6.07, 6.45) is 0.449. The molecule has 14 heavy (non-hydrogen) atoms. The van der Waals surface area contributed by atoms with Crippen LogP contribution in [0.5, 0.6) is 0 Å². The second-order valence-corrected chi connectivity index (χ2v) is 4.57. The molecule has 0 saturated carbocycles. The molecule has 3 N–H and O–H groups in total. The van der Waals surface area contributed by atoms with E-state index in [-0.39, 0.29) is 17.6 Å². The summed E-state index contributed by atoms with van der Waals surface area (Å²) in [5, 5.41) is 2.80. The Balaban J connectivity index is 3.31. The number of hydrogen-bond donors (Lipinski definition) is 2. The van der Waals surface area contributed by atoms with Gasteiger partial charge in [0.15, 0.2) is 0 Å². The Labute approximate surface area is 89.0 Å². The summed E-state index contributed by atoms with van der Waals surface area (Å²) in [5.41, 5.74) is 4.95. The van der Waals surface area contributed by atoms with Crippen LogP contribution >= 0.6 is 11.8 Å². The monoisotopic (exact) mass is 218 g/mol. The van der Waals surface area contributed by atoms with E-state index in [4.69, 9.17) is 5.73 Å². The first-order valence-electron chi connectivity index (χ1n) is 4.65. The zero-order chi connectivity index (χ0) is 11.0. The Morgan fingerprint density at radius 2 is 2.07 bits per heavy atom. The highest BCUT2D eigenvalue weighted by Crippen LogP contribution is 2.01. The fourth-order valence-corrected chi connectivity index (χ4v) is 1.42. The van der Waals surface area contributed by atoms with Gasteiger partial charge in [0, 0.05) is 18.7 Å². The van der Waals surface area contributed by atoms with Crippen molar-refractivity contribution in [2.75, 3.05) is 18.1 Å². The van der Waals surface area contributed by atoms with Crippen molar-refractivity contribution in [1.29, 1.82) is 0 Å². The molecule has 0 rings (SSSR count). The highest BCUT2D eigenvalue weighted by molar-refractivity contribution is 7.99. The Kier molecular flexibility index (Phi) is 7.28. The fourth-order valence-electron chi connectivity index (χ4n) is 0.744. The van der Waals surface area contributed by atoms with Gasteiger partial charge < -0.3 is 11.1 Å². The van der Waals surface area contributed by atoms with E-state index in [1.807, 2.05) is 13.8 Å². The Bertz CT molecular complexity index is 195. The summed E-state index contributed by atoms with van der Waals surface area (Å²) < 4.78 is 0. The van der Waals surface area contributed by atoms with Crippen molar-refractivity contribution in [3.05, 3.63) is 0 Å². The summed E-state index contributed by atoms with van der Waals surface area (Å²) in [6.45, 7) is 4.80. The third-order valence-electron chi connectivity index (χ3n) is 1.43. The van der Waals surface area contributed by atoms with Crippen LogP contribution in [0.3, 0.4) is 0 Å². The second-order valence-electron chi connectivity index (χ2n) is 3.47. The lowest BCUT2D eigenvalue weighted by molar-refractivity contribution is -0.121.